The summed E-state index contributed by atoms with van der Waals surface area (Å²) >= 11 is 0. The molecular weight excluding hydrogens is 313 g/mol. The third-order valence-corrected chi connectivity index (χ3v) is 3.04. The van der Waals surface area contributed by atoms with Crippen LogP contribution in [0.1, 0.15) is 24.2 Å². The van der Waals surface area contributed by atoms with Crippen LogP contribution in [0.4, 0.5) is 13.2 Å². The third kappa shape index (κ3) is 4.69. The van der Waals surface area contributed by atoms with E-state index >= 15 is 0 Å². The molecule has 0 spiro atoms. The number of rotatable bonds is 7. The molecule has 0 aromatic carbocycles. The van der Waals surface area contributed by atoms with Gasteiger partial charge in [0.15, 0.2) is 5.78 Å². The number of fused-ring (bicyclic) bond motifs is 1. The fourth-order valence-corrected chi connectivity index (χ4v) is 1.96. The number of nitrogens with zero attached hydrogens (tertiary/aromatic N) is 2. The molecule has 0 unspecified atom stereocenters. The number of hydrogen-bond donors (Lipinski definition) is 0. The van der Waals surface area contributed by atoms with Gasteiger partial charge in [0, 0.05) is 5.92 Å². The molecule has 2 rings (SSSR count). The molecule has 2 aromatic rings. The topological polar surface area (TPSA) is 52.8 Å². The van der Waals surface area contributed by atoms with Crippen molar-refractivity contribution in [3.8, 4) is 5.75 Å². The van der Waals surface area contributed by atoms with Gasteiger partial charge in [-0.15, -0.1) is 0 Å². The molecule has 0 saturated carbocycles. The summed E-state index contributed by atoms with van der Waals surface area (Å²) in [6.45, 7) is 2.14. The maximum absolute atomic E-state index is 12.0. The van der Waals surface area contributed by atoms with Crippen molar-refractivity contribution in [2.75, 3.05) is 19.8 Å². The number of carbonyl (C=O) groups excluding carboxylic acids is 1. The fourth-order valence-electron chi connectivity index (χ4n) is 1.96. The number of Topliss-reactive ketones (excluding diaryl/α,β-unsaturated/α-hetero) is 1. The zero-order chi connectivity index (χ0) is 17.0. The van der Waals surface area contributed by atoms with E-state index in [4.69, 9.17) is 4.74 Å². The molecule has 0 bridgehead atoms. The van der Waals surface area contributed by atoms with Crippen LogP contribution in [0.15, 0.2) is 24.5 Å². The van der Waals surface area contributed by atoms with Gasteiger partial charge in [0.2, 0.25) is 0 Å². The summed E-state index contributed by atoms with van der Waals surface area (Å²) in [6.07, 6.45) is -1.28. The molecule has 8 heteroatoms. The molecule has 2 aromatic heterocycles. The normalized spacial score (nSPS) is 12.1. The summed E-state index contributed by atoms with van der Waals surface area (Å²) in [5.74, 6) is 0.290. The Hall–Kier alpha value is -2.09. The van der Waals surface area contributed by atoms with Gasteiger partial charge in [0.1, 0.15) is 19.0 Å². The number of carbonyl (C=O) groups is 1. The van der Waals surface area contributed by atoms with E-state index in [1.165, 1.54) is 10.7 Å². The van der Waals surface area contributed by atoms with E-state index < -0.39 is 12.8 Å². The van der Waals surface area contributed by atoms with Gasteiger partial charge in [-0.3, -0.25) is 4.79 Å². The number of ether oxygens (including phenoxy) is 2. The maximum Gasteiger partial charge on any atom is 0.411 e. The highest BCUT2D eigenvalue weighted by atomic mass is 19.4. The highest BCUT2D eigenvalue weighted by molar-refractivity contribution is 6.03. The Morgan fingerprint density at radius 3 is 2.70 bits per heavy atom. The number of ketones is 1. The number of aromatic nitrogens is 2. The molecule has 126 valence electrons. The second-order valence-corrected chi connectivity index (χ2v) is 5.29. The maximum atomic E-state index is 12.0. The number of pyridine rings is 1. The summed E-state index contributed by atoms with van der Waals surface area (Å²) in [5.41, 5.74) is 1.18. The predicted octanol–water partition coefficient (Wildman–Crippen LogP) is 3.13. The van der Waals surface area contributed by atoms with Crippen molar-refractivity contribution < 1.29 is 27.4 Å². The molecule has 0 fully saturated rings. The Balaban J connectivity index is 1.95. The van der Waals surface area contributed by atoms with E-state index in [1.54, 1.807) is 18.3 Å². The van der Waals surface area contributed by atoms with E-state index in [2.05, 4.69) is 9.84 Å². The van der Waals surface area contributed by atoms with Crippen LogP contribution >= 0.6 is 0 Å². The molecule has 0 atom stereocenters. The van der Waals surface area contributed by atoms with Crippen LogP contribution in [0.25, 0.3) is 5.52 Å². The smallest absolute Gasteiger partial charge is 0.411 e. The van der Waals surface area contributed by atoms with Crippen molar-refractivity contribution in [2.24, 2.45) is 5.92 Å². The largest absolute Gasteiger partial charge is 0.490 e. The highest BCUT2D eigenvalue weighted by Crippen LogP contribution is 2.19. The zero-order valence-corrected chi connectivity index (χ0v) is 12.8. The molecule has 0 aliphatic carbocycles. The lowest BCUT2D eigenvalue weighted by Gasteiger charge is -2.09. The molecule has 0 aliphatic rings. The molecule has 2 heterocycles. The van der Waals surface area contributed by atoms with Crippen LogP contribution < -0.4 is 4.74 Å². The quantitative estimate of drug-likeness (QED) is 0.578. The van der Waals surface area contributed by atoms with Gasteiger partial charge in [0.25, 0.3) is 0 Å². The Morgan fingerprint density at radius 1 is 1.30 bits per heavy atom. The minimum absolute atomic E-state index is 0.00535. The first kappa shape index (κ1) is 17.3. The second kappa shape index (κ2) is 6.99. The lowest BCUT2D eigenvalue weighted by Crippen LogP contribution is -2.19. The standard InChI is InChI=1S/C15H17F3N2O3/c1-10(2)14(21)12-7-19-20-8-11(3-4-13(12)20)23-6-5-22-9-15(16,17)18/h3-4,7-8,10H,5-6,9H2,1-2H3. The van der Waals surface area contributed by atoms with Gasteiger partial charge < -0.3 is 9.47 Å². The van der Waals surface area contributed by atoms with Crippen LogP contribution in [-0.4, -0.2) is 41.4 Å². The number of halogens is 3. The summed E-state index contributed by atoms with van der Waals surface area (Å²) in [7, 11) is 0. The van der Waals surface area contributed by atoms with Gasteiger partial charge in [-0.05, 0) is 12.1 Å². The third-order valence-electron chi connectivity index (χ3n) is 3.04. The molecule has 0 amide bonds. The van der Waals surface area contributed by atoms with E-state index in [0.29, 0.717) is 16.8 Å². The van der Waals surface area contributed by atoms with Crippen molar-refractivity contribution in [1.82, 2.24) is 9.61 Å². The van der Waals surface area contributed by atoms with Crippen LogP contribution in [0.5, 0.6) is 5.75 Å². The van der Waals surface area contributed by atoms with Crippen molar-refractivity contribution in [3.63, 3.8) is 0 Å². The summed E-state index contributed by atoms with van der Waals surface area (Å²) in [6, 6.07) is 3.33. The Morgan fingerprint density at radius 2 is 2.04 bits per heavy atom. The van der Waals surface area contributed by atoms with Crippen molar-refractivity contribution in [1.29, 1.82) is 0 Å². The zero-order valence-electron chi connectivity index (χ0n) is 12.8. The van der Waals surface area contributed by atoms with E-state index in [0.717, 1.165) is 0 Å². The first-order valence-corrected chi connectivity index (χ1v) is 7.07. The average molecular weight is 330 g/mol. The van der Waals surface area contributed by atoms with Gasteiger partial charge in [-0.25, -0.2) is 4.52 Å². The first-order valence-electron chi connectivity index (χ1n) is 7.07. The van der Waals surface area contributed by atoms with Crippen LogP contribution in [0.3, 0.4) is 0 Å². The Bertz CT molecular complexity index is 680. The van der Waals surface area contributed by atoms with E-state index in [-0.39, 0.29) is 24.9 Å². The average Bonchev–Trinajstić information content (AvgIpc) is 2.87. The number of hydrogen-bond acceptors (Lipinski definition) is 4. The highest BCUT2D eigenvalue weighted by Gasteiger charge is 2.27. The predicted molar refractivity (Wildman–Crippen MR) is 76.7 cm³/mol. The first-order chi connectivity index (χ1) is 10.8. The lowest BCUT2D eigenvalue weighted by molar-refractivity contribution is -0.175. The summed E-state index contributed by atoms with van der Waals surface area (Å²) in [5, 5.41) is 4.10. The molecule has 0 saturated heterocycles. The van der Waals surface area contributed by atoms with Crippen molar-refractivity contribution in [2.45, 2.75) is 20.0 Å². The van der Waals surface area contributed by atoms with Gasteiger partial charge in [-0.2, -0.15) is 18.3 Å². The van der Waals surface area contributed by atoms with Crippen molar-refractivity contribution in [3.05, 3.63) is 30.1 Å². The summed E-state index contributed by atoms with van der Waals surface area (Å²) < 4.78 is 47.0. The van der Waals surface area contributed by atoms with Gasteiger partial charge >= 0.3 is 6.18 Å². The lowest BCUT2D eigenvalue weighted by atomic mass is 10.0. The van der Waals surface area contributed by atoms with E-state index in [1.807, 2.05) is 13.8 Å². The van der Waals surface area contributed by atoms with Gasteiger partial charge in [0.05, 0.1) is 30.1 Å². The van der Waals surface area contributed by atoms with Crippen LogP contribution in [0.2, 0.25) is 0 Å². The van der Waals surface area contributed by atoms with Crippen LogP contribution in [0, 0.1) is 5.92 Å². The Labute approximate surface area is 131 Å². The Kier molecular flexibility index (Phi) is 5.25. The SMILES string of the molecule is CC(C)C(=O)c1cnn2cc(OCCOCC(F)(F)F)ccc12. The second-order valence-electron chi connectivity index (χ2n) is 5.29. The van der Waals surface area contributed by atoms with Crippen LogP contribution in [-0.2, 0) is 4.74 Å². The molecule has 5 nitrogen and oxygen atoms in total. The summed E-state index contributed by atoms with van der Waals surface area (Å²) in [4.78, 5) is 12.0. The molecule has 0 aliphatic heterocycles. The van der Waals surface area contributed by atoms with Crippen molar-refractivity contribution >= 4 is 11.3 Å². The molecule has 0 N–H and O–H groups in total. The minimum atomic E-state index is -4.34. The molecular formula is C15H17F3N2O3. The van der Waals surface area contributed by atoms with E-state index in [9.17, 15) is 18.0 Å². The molecule has 0 radical (unpaired) electrons. The minimum Gasteiger partial charge on any atom is -0.490 e. The number of alkyl halides is 3. The van der Waals surface area contributed by atoms with Gasteiger partial charge in [-0.1, -0.05) is 13.8 Å². The molecule has 23 heavy (non-hydrogen) atoms. The monoisotopic (exact) mass is 330 g/mol. The fraction of sp³-hybridized carbons (Fsp3) is 0.467.